The van der Waals surface area contributed by atoms with E-state index in [9.17, 15) is 13.2 Å². The number of anilines is 2. The van der Waals surface area contributed by atoms with E-state index in [1.165, 1.54) is 19.2 Å². The fraction of sp³-hybridized carbons (Fsp3) is 0.174. The van der Waals surface area contributed by atoms with Crippen LogP contribution in [0.4, 0.5) is 11.4 Å². The molecular weight excluding hydrogens is 452 g/mol. The van der Waals surface area contributed by atoms with Crippen molar-refractivity contribution in [1.82, 2.24) is 0 Å². The fourth-order valence-electron chi connectivity index (χ4n) is 2.86. The summed E-state index contributed by atoms with van der Waals surface area (Å²) in [6.45, 7) is 3.72. The van der Waals surface area contributed by atoms with Gasteiger partial charge in [-0.3, -0.25) is 9.52 Å². The lowest BCUT2D eigenvalue weighted by molar-refractivity contribution is -0.118. The molecule has 0 saturated heterocycles. The summed E-state index contributed by atoms with van der Waals surface area (Å²) in [6, 6.07) is 16.3. The van der Waals surface area contributed by atoms with Crippen LogP contribution in [0.15, 0.2) is 65.6 Å². The number of methoxy groups -OCH3 is 1. The maximum atomic E-state index is 13.0. The molecule has 0 unspecified atom stereocenters. The zero-order valence-corrected chi connectivity index (χ0v) is 19.4. The maximum Gasteiger partial charge on any atom is 0.265 e. The van der Waals surface area contributed by atoms with Gasteiger partial charge in [0.1, 0.15) is 16.4 Å². The smallest absolute Gasteiger partial charge is 0.265 e. The topological polar surface area (TPSA) is 93.7 Å². The summed E-state index contributed by atoms with van der Waals surface area (Å²) < 4.78 is 39.1. The van der Waals surface area contributed by atoms with E-state index >= 15 is 0 Å². The van der Waals surface area contributed by atoms with E-state index in [1.54, 1.807) is 36.4 Å². The number of ether oxygens (including phenoxy) is 2. The van der Waals surface area contributed by atoms with Crippen molar-refractivity contribution in [2.24, 2.45) is 0 Å². The Balaban J connectivity index is 1.75. The van der Waals surface area contributed by atoms with E-state index < -0.39 is 15.9 Å². The molecular formula is C23H23ClN2O5S. The molecule has 3 aromatic rings. The molecule has 32 heavy (non-hydrogen) atoms. The van der Waals surface area contributed by atoms with Crippen molar-refractivity contribution in [3.63, 3.8) is 0 Å². The predicted molar refractivity (Wildman–Crippen MR) is 125 cm³/mol. The second kappa shape index (κ2) is 9.93. The lowest BCUT2D eigenvalue weighted by Gasteiger charge is -2.14. The van der Waals surface area contributed by atoms with Crippen molar-refractivity contribution >= 4 is 38.9 Å². The number of carbonyl (C=O) groups excluding carboxylic acids is 1. The summed E-state index contributed by atoms with van der Waals surface area (Å²) in [5.74, 6) is 0.259. The number of benzene rings is 3. The van der Waals surface area contributed by atoms with Crippen LogP contribution in [0.1, 0.15) is 11.1 Å². The van der Waals surface area contributed by atoms with E-state index in [0.717, 1.165) is 11.1 Å². The van der Waals surface area contributed by atoms with Crippen molar-refractivity contribution < 1.29 is 22.7 Å². The second-order valence-electron chi connectivity index (χ2n) is 7.03. The van der Waals surface area contributed by atoms with E-state index in [1.807, 2.05) is 26.0 Å². The van der Waals surface area contributed by atoms with Crippen molar-refractivity contribution in [1.29, 1.82) is 0 Å². The summed E-state index contributed by atoms with van der Waals surface area (Å²) in [4.78, 5) is 12.2. The standard InChI is InChI=1S/C23H23ClN2O5S/c1-15-8-10-18(12-16(15)2)31-14-23(27)25-17-9-11-21(30-3)22(13-17)32(28,29)26-20-7-5-4-6-19(20)24/h4-13,26H,14H2,1-3H3,(H,25,27). The molecule has 3 rings (SSSR count). The summed E-state index contributed by atoms with van der Waals surface area (Å²) in [7, 11) is -2.68. The number of hydrogen-bond acceptors (Lipinski definition) is 5. The summed E-state index contributed by atoms with van der Waals surface area (Å²) in [6.07, 6.45) is 0. The van der Waals surface area contributed by atoms with Crippen molar-refractivity contribution in [3.8, 4) is 11.5 Å². The minimum atomic E-state index is -4.04. The van der Waals surface area contributed by atoms with Crippen LogP contribution in [0.2, 0.25) is 5.02 Å². The Hall–Kier alpha value is -3.23. The van der Waals surface area contributed by atoms with Gasteiger partial charge in [-0.2, -0.15) is 0 Å². The predicted octanol–water partition coefficient (Wildman–Crippen LogP) is 4.78. The third kappa shape index (κ3) is 5.72. The molecule has 9 heteroatoms. The molecule has 0 atom stereocenters. The molecule has 0 aliphatic rings. The summed E-state index contributed by atoms with van der Waals surface area (Å²) in [5, 5.41) is 2.89. The molecule has 0 spiro atoms. The molecule has 168 valence electrons. The molecule has 0 saturated carbocycles. The first-order chi connectivity index (χ1) is 15.2. The zero-order chi connectivity index (χ0) is 23.3. The first-order valence-corrected chi connectivity index (χ1v) is 11.5. The van der Waals surface area contributed by atoms with E-state index in [0.29, 0.717) is 5.75 Å². The van der Waals surface area contributed by atoms with Crippen LogP contribution in [0.5, 0.6) is 11.5 Å². The first kappa shape index (κ1) is 23.4. The number of halogens is 1. The molecule has 1 amide bonds. The van der Waals surface area contributed by atoms with Crippen LogP contribution in [0, 0.1) is 13.8 Å². The number of nitrogens with one attached hydrogen (secondary N) is 2. The van der Waals surface area contributed by atoms with E-state index in [4.69, 9.17) is 21.1 Å². The van der Waals surface area contributed by atoms with Gasteiger partial charge in [0.05, 0.1) is 17.8 Å². The lowest BCUT2D eigenvalue weighted by Crippen LogP contribution is -2.21. The third-order valence-electron chi connectivity index (χ3n) is 4.70. The molecule has 0 aromatic heterocycles. The van der Waals surface area contributed by atoms with Crippen LogP contribution in [0.25, 0.3) is 0 Å². The Labute approximate surface area is 192 Å². The summed E-state index contributed by atoms with van der Waals surface area (Å²) in [5.41, 5.74) is 2.68. The number of carbonyl (C=O) groups is 1. The van der Waals surface area contributed by atoms with Gasteiger partial charge in [-0.05, 0) is 67.4 Å². The molecule has 2 N–H and O–H groups in total. The molecule has 0 fully saturated rings. The van der Waals surface area contributed by atoms with Crippen molar-refractivity contribution in [2.75, 3.05) is 23.8 Å². The SMILES string of the molecule is COc1ccc(NC(=O)COc2ccc(C)c(C)c2)cc1S(=O)(=O)Nc1ccccc1Cl. The highest BCUT2D eigenvalue weighted by Crippen LogP contribution is 2.30. The Bertz CT molecular complexity index is 1240. The monoisotopic (exact) mass is 474 g/mol. The number of para-hydroxylation sites is 1. The minimum Gasteiger partial charge on any atom is -0.495 e. The van der Waals surface area contributed by atoms with Gasteiger partial charge in [-0.1, -0.05) is 29.8 Å². The number of rotatable bonds is 8. The van der Waals surface area contributed by atoms with Crippen molar-refractivity contribution in [3.05, 3.63) is 76.8 Å². The quantitative estimate of drug-likeness (QED) is 0.490. The first-order valence-electron chi connectivity index (χ1n) is 9.65. The van der Waals surface area contributed by atoms with Crippen LogP contribution in [-0.2, 0) is 14.8 Å². The molecule has 0 aliphatic heterocycles. The van der Waals surface area contributed by atoms with Gasteiger partial charge in [0, 0.05) is 5.69 Å². The third-order valence-corrected chi connectivity index (χ3v) is 6.42. The maximum absolute atomic E-state index is 13.0. The number of hydrogen-bond donors (Lipinski definition) is 2. The number of amides is 1. The normalized spacial score (nSPS) is 11.0. The molecule has 7 nitrogen and oxygen atoms in total. The summed E-state index contributed by atoms with van der Waals surface area (Å²) >= 11 is 6.07. The van der Waals surface area contributed by atoms with Crippen molar-refractivity contribution in [2.45, 2.75) is 18.7 Å². The average Bonchev–Trinajstić information content (AvgIpc) is 2.76. The van der Waals surface area contributed by atoms with Gasteiger partial charge >= 0.3 is 0 Å². The second-order valence-corrected chi connectivity index (χ2v) is 9.09. The molecule has 3 aromatic carbocycles. The average molecular weight is 475 g/mol. The number of aryl methyl sites for hydroxylation is 2. The fourth-order valence-corrected chi connectivity index (χ4v) is 4.37. The van der Waals surface area contributed by atoms with Crippen LogP contribution in [-0.4, -0.2) is 28.0 Å². The van der Waals surface area contributed by atoms with Gasteiger partial charge in [0.2, 0.25) is 0 Å². The van der Waals surface area contributed by atoms with Crippen LogP contribution >= 0.6 is 11.6 Å². The van der Waals surface area contributed by atoms with E-state index in [2.05, 4.69) is 10.0 Å². The van der Waals surface area contributed by atoms with Gasteiger partial charge in [-0.25, -0.2) is 8.42 Å². The van der Waals surface area contributed by atoms with Crippen LogP contribution < -0.4 is 19.5 Å². The number of sulfonamides is 1. The lowest BCUT2D eigenvalue weighted by atomic mass is 10.1. The molecule has 0 bridgehead atoms. The Morgan fingerprint density at radius 3 is 2.44 bits per heavy atom. The van der Waals surface area contributed by atoms with Gasteiger partial charge < -0.3 is 14.8 Å². The highest BCUT2D eigenvalue weighted by atomic mass is 35.5. The highest BCUT2D eigenvalue weighted by molar-refractivity contribution is 7.92. The Morgan fingerprint density at radius 1 is 1.00 bits per heavy atom. The van der Waals surface area contributed by atoms with Gasteiger partial charge in [0.25, 0.3) is 15.9 Å². The molecule has 0 heterocycles. The van der Waals surface area contributed by atoms with Gasteiger partial charge in [-0.15, -0.1) is 0 Å². The molecule has 0 radical (unpaired) electrons. The van der Waals surface area contributed by atoms with E-state index in [-0.39, 0.29) is 33.6 Å². The Morgan fingerprint density at radius 2 is 1.75 bits per heavy atom. The van der Waals surface area contributed by atoms with Gasteiger partial charge in [0.15, 0.2) is 6.61 Å². The van der Waals surface area contributed by atoms with Crippen LogP contribution in [0.3, 0.4) is 0 Å². The zero-order valence-electron chi connectivity index (χ0n) is 17.8. The largest absolute Gasteiger partial charge is 0.495 e. The molecule has 0 aliphatic carbocycles. The minimum absolute atomic E-state index is 0.119. The highest BCUT2D eigenvalue weighted by Gasteiger charge is 2.22. The Kier molecular flexibility index (Phi) is 7.27.